The molecule has 1 aromatic carbocycles. The van der Waals surface area contributed by atoms with E-state index in [0.717, 1.165) is 15.8 Å². The lowest BCUT2D eigenvalue weighted by molar-refractivity contribution is -0.116. The first-order valence-electron chi connectivity index (χ1n) is 5.07. The number of rotatable bonds is 5. The molecule has 0 unspecified atom stereocenters. The highest BCUT2D eigenvalue weighted by Crippen LogP contribution is 2.25. The first kappa shape index (κ1) is 13.7. The van der Waals surface area contributed by atoms with Gasteiger partial charge in [-0.3, -0.25) is 4.79 Å². The third-order valence-corrected chi connectivity index (χ3v) is 2.63. The van der Waals surface area contributed by atoms with Gasteiger partial charge in [0.05, 0.1) is 18.2 Å². The van der Waals surface area contributed by atoms with Crippen molar-refractivity contribution in [2.24, 2.45) is 0 Å². The van der Waals surface area contributed by atoms with Crippen LogP contribution in [0.5, 0.6) is 5.75 Å². The summed E-state index contributed by atoms with van der Waals surface area (Å²) in [6.07, 6.45) is 3.11. The Bertz CT molecular complexity index is 418. The fraction of sp³-hybridized carbons (Fsp3) is 0.250. The monoisotopic (exact) mass is 299 g/mol. The number of ether oxygens (including phenoxy) is 1. The van der Waals surface area contributed by atoms with Gasteiger partial charge in [0.2, 0.25) is 5.91 Å². The number of carbonyl (C=O) groups excluding carboxylic acids is 1. The second-order valence-corrected chi connectivity index (χ2v) is 4.10. The Labute approximate surface area is 108 Å². The van der Waals surface area contributed by atoms with Crippen LogP contribution in [0, 0.1) is 0 Å². The zero-order valence-electron chi connectivity index (χ0n) is 9.44. The summed E-state index contributed by atoms with van der Waals surface area (Å²) < 4.78 is 5.93. The van der Waals surface area contributed by atoms with Gasteiger partial charge in [-0.15, -0.1) is 0 Å². The molecule has 0 atom stereocenters. The van der Waals surface area contributed by atoms with E-state index in [0.29, 0.717) is 0 Å². The number of amides is 1. The molecule has 0 fully saturated rings. The van der Waals surface area contributed by atoms with E-state index in [-0.39, 0.29) is 19.1 Å². The van der Waals surface area contributed by atoms with Gasteiger partial charge >= 0.3 is 0 Å². The van der Waals surface area contributed by atoms with Crippen molar-refractivity contribution >= 4 is 27.9 Å². The molecule has 0 aromatic heterocycles. The third-order valence-electron chi connectivity index (χ3n) is 2.01. The van der Waals surface area contributed by atoms with Crippen molar-refractivity contribution in [1.82, 2.24) is 5.32 Å². The molecule has 2 N–H and O–H groups in total. The molecule has 0 radical (unpaired) electrons. The second-order valence-electron chi connectivity index (χ2n) is 3.24. The quantitative estimate of drug-likeness (QED) is 0.812. The Balaban J connectivity index is 2.65. The maximum Gasteiger partial charge on any atom is 0.244 e. The Morgan fingerprint density at radius 1 is 1.59 bits per heavy atom. The lowest BCUT2D eigenvalue weighted by Gasteiger charge is -2.03. The zero-order chi connectivity index (χ0) is 12.7. The molecule has 0 bridgehead atoms. The number of benzene rings is 1. The van der Waals surface area contributed by atoms with Crippen LogP contribution in [-0.4, -0.2) is 31.3 Å². The summed E-state index contributed by atoms with van der Waals surface area (Å²) in [5, 5.41) is 11.1. The predicted octanol–water partition coefficient (Wildman–Crippen LogP) is 1.58. The van der Waals surface area contributed by atoms with E-state index >= 15 is 0 Å². The Hall–Kier alpha value is -1.33. The summed E-state index contributed by atoms with van der Waals surface area (Å²) in [6.45, 7) is 0.198. The maximum absolute atomic E-state index is 11.2. The molecule has 0 saturated heterocycles. The van der Waals surface area contributed by atoms with E-state index in [9.17, 15) is 4.79 Å². The Morgan fingerprint density at radius 2 is 2.35 bits per heavy atom. The number of methoxy groups -OCH3 is 1. The molecule has 0 aliphatic carbocycles. The zero-order valence-corrected chi connectivity index (χ0v) is 11.0. The van der Waals surface area contributed by atoms with Crippen LogP contribution in [-0.2, 0) is 4.79 Å². The Morgan fingerprint density at radius 3 is 2.94 bits per heavy atom. The highest BCUT2D eigenvalue weighted by Gasteiger charge is 1.99. The standard InChI is InChI=1S/C12H14BrNO3/c1-17-11-4-2-9(8-10(11)13)3-5-12(16)14-6-7-15/h2-5,8,15H,6-7H2,1H3,(H,14,16)/b5-3+. The van der Waals surface area contributed by atoms with Crippen LogP contribution in [0.3, 0.4) is 0 Å². The topological polar surface area (TPSA) is 58.6 Å². The van der Waals surface area contributed by atoms with E-state index in [1.807, 2.05) is 18.2 Å². The van der Waals surface area contributed by atoms with Crippen molar-refractivity contribution in [2.75, 3.05) is 20.3 Å². The minimum atomic E-state index is -0.231. The van der Waals surface area contributed by atoms with Gasteiger partial charge in [0, 0.05) is 12.6 Å². The van der Waals surface area contributed by atoms with Crippen LogP contribution in [0.1, 0.15) is 5.56 Å². The van der Waals surface area contributed by atoms with E-state index in [1.54, 1.807) is 13.2 Å². The van der Waals surface area contributed by atoms with Gasteiger partial charge in [-0.2, -0.15) is 0 Å². The summed E-state index contributed by atoms with van der Waals surface area (Å²) >= 11 is 3.36. The molecule has 1 rings (SSSR count). The van der Waals surface area contributed by atoms with Crippen LogP contribution < -0.4 is 10.1 Å². The van der Waals surface area contributed by atoms with Crippen molar-refractivity contribution in [3.05, 3.63) is 34.3 Å². The predicted molar refractivity (Wildman–Crippen MR) is 69.8 cm³/mol. The van der Waals surface area contributed by atoms with Crippen molar-refractivity contribution in [2.45, 2.75) is 0 Å². The van der Waals surface area contributed by atoms with Gasteiger partial charge in [0.1, 0.15) is 5.75 Å². The van der Waals surface area contributed by atoms with Crippen LogP contribution in [0.25, 0.3) is 6.08 Å². The van der Waals surface area contributed by atoms with Gasteiger partial charge in [-0.1, -0.05) is 6.07 Å². The van der Waals surface area contributed by atoms with E-state index < -0.39 is 0 Å². The molecule has 0 aliphatic heterocycles. The molecule has 0 spiro atoms. The van der Waals surface area contributed by atoms with Gasteiger partial charge in [-0.05, 0) is 39.7 Å². The fourth-order valence-electron chi connectivity index (χ4n) is 1.20. The van der Waals surface area contributed by atoms with E-state index in [4.69, 9.17) is 9.84 Å². The SMILES string of the molecule is COc1ccc(/C=C/C(=O)NCCO)cc1Br. The normalized spacial score (nSPS) is 10.5. The van der Waals surface area contributed by atoms with Gasteiger partial charge < -0.3 is 15.2 Å². The molecule has 92 valence electrons. The first-order valence-corrected chi connectivity index (χ1v) is 5.87. The minimum Gasteiger partial charge on any atom is -0.496 e. The molecule has 1 aromatic rings. The average Bonchev–Trinajstić information content (AvgIpc) is 2.34. The first-order chi connectivity index (χ1) is 8.17. The van der Waals surface area contributed by atoms with Gasteiger partial charge in [0.25, 0.3) is 0 Å². The van der Waals surface area contributed by atoms with Crippen molar-refractivity contribution < 1.29 is 14.6 Å². The number of aliphatic hydroxyl groups excluding tert-OH is 1. The summed E-state index contributed by atoms with van der Waals surface area (Å²) in [6, 6.07) is 5.52. The number of aliphatic hydroxyl groups is 1. The number of hydrogen-bond acceptors (Lipinski definition) is 3. The highest BCUT2D eigenvalue weighted by molar-refractivity contribution is 9.10. The number of carbonyl (C=O) groups is 1. The summed E-state index contributed by atoms with van der Waals surface area (Å²) in [7, 11) is 1.60. The van der Waals surface area contributed by atoms with Crippen molar-refractivity contribution in [3.8, 4) is 5.75 Å². The molecule has 0 heterocycles. The Kier molecular flexibility index (Phi) is 5.72. The van der Waals surface area contributed by atoms with Crippen molar-refractivity contribution in [3.63, 3.8) is 0 Å². The molecular formula is C12H14BrNO3. The minimum absolute atomic E-state index is 0.0618. The van der Waals surface area contributed by atoms with Crippen LogP contribution in [0.4, 0.5) is 0 Å². The lowest BCUT2D eigenvalue weighted by atomic mass is 10.2. The average molecular weight is 300 g/mol. The molecule has 0 saturated carbocycles. The summed E-state index contributed by atoms with van der Waals surface area (Å²) in [5.74, 6) is 0.512. The smallest absolute Gasteiger partial charge is 0.244 e. The second kappa shape index (κ2) is 7.09. The molecule has 1 amide bonds. The molecule has 0 aliphatic rings. The molecular weight excluding hydrogens is 286 g/mol. The van der Waals surface area contributed by atoms with E-state index in [2.05, 4.69) is 21.2 Å². The number of nitrogens with one attached hydrogen (secondary N) is 1. The summed E-state index contributed by atoms with van der Waals surface area (Å²) in [5.41, 5.74) is 0.886. The molecule has 4 nitrogen and oxygen atoms in total. The fourth-order valence-corrected chi connectivity index (χ4v) is 1.75. The van der Waals surface area contributed by atoms with E-state index in [1.165, 1.54) is 6.08 Å². The highest BCUT2D eigenvalue weighted by atomic mass is 79.9. The number of halogens is 1. The van der Waals surface area contributed by atoms with Crippen LogP contribution >= 0.6 is 15.9 Å². The lowest BCUT2D eigenvalue weighted by Crippen LogP contribution is -2.24. The van der Waals surface area contributed by atoms with Crippen LogP contribution in [0.2, 0.25) is 0 Å². The molecule has 5 heteroatoms. The van der Waals surface area contributed by atoms with Gasteiger partial charge in [0.15, 0.2) is 0 Å². The summed E-state index contributed by atoms with van der Waals surface area (Å²) in [4.78, 5) is 11.2. The maximum atomic E-state index is 11.2. The van der Waals surface area contributed by atoms with Crippen LogP contribution in [0.15, 0.2) is 28.7 Å². The van der Waals surface area contributed by atoms with Gasteiger partial charge in [-0.25, -0.2) is 0 Å². The third kappa shape index (κ3) is 4.58. The number of hydrogen-bond donors (Lipinski definition) is 2. The molecule has 17 heavy (non-hydrogen) atoms. The largest absolute Gasteiger partial charge is 0.496 e. The van der Waals surface area contributed by atoms with Crippen molar-refractivity contribution in [1.29, 1.82) is 0 Å².